The molecule has 2 saturated heterocycles. The number of hydrogen-bond donors (Lipinski definition) is 0. The molecule has 3 aromatic rings. The molecule has 228 valence electrons. The fourth-order valence-electron chi connectivity index (χ4n) is 5.64. The summed E-state index contributed by atoms with van der Waals surface area (Å²) in [6.07, 6.45) is 11.9. The molecule has 0 N–H and O–H groups in total. The summed E-state index contributed by atoms with van der Waals surface area (Å²) in [4.78, 5) is 16.2. The first-order valence-corrected chi connectivity index (χ1v) is 18.0. The molecule has 0 bridgehead atoms. The number of para-hydroxylation sites is 1. The van der Waals surface area contributed by atoms with Crippen LogP contribution in [0.2, 0.25) is 0 Å². The molecule has 3 heterocycles. The Morgan fingerprint density at radius 2 is 1.77 bits per heavy atom. The minimum Gasteiger partial charge on any atom is -0.293 e. The van der Waals surface area contributed by atoms with Crippen LogP contribution in [0.15, 0.2) is 70.6 Å². The SMILES string of the molecule is CCCCC(CC)CN1C(=O)/C(=C/c2cn(-c3ccccc3)nc2-c2cccc(S(=O)(=O)N3CCCCCC3)c2)SC1=S. The Balaban J connectivity index is 1.51. The fraction of sp³-hybridized carbons (Fsp3) is 0.424. The smallest absolute Gasteiger partial charge is 0.266 e. The predicted molar refractivity (Wildman–Crippen MR) is 179 cm³/mol. The van der Waals surface area contributed by atoms with Crippen LogP contribution in [0.3, 0.4) is 0 Å². The Hall–Kier alpha value is -2.79. The molecule has 2 aliphatic rings. The number of unbranched alkanes of at least 4 members (excludes halogenated alkanes) is 1. The van der Waals surface area contributed by atoms with Crippen LogP contribution >= 0.6 is 24.0 Å². The zero-order valence-electron chi connectivity index (χ0n) is 24.9. The van der Waals surface area contributed by atoms with Gasteiger partial charge in [0.05, 0.1) is 15.5 Å². The lowest BCUT2D eigenvalue weighted by atomic mass is 9.99. The summed E-state index contributed by atoms with van der Waals surface area (Å²) in [6.45, 7) is 6.06. The van der Waals surface area contributed by atoms with E-state index in [0.717, 1.165) is 62.6 Å². The highest BCUT2D eigenvalue weighted by atomic mass is 32.2. The van der Waals surface area contributed by atoms with Crippen LogP contribution in [0.25, 0.3) is 23.0 Å². The lowest BCUT2D eigenvalue weighted by molar-refractivity contribution is -0.122. The largest absolute Gasteiger partial charge is 0.293 e. The monoisotopic (exact) mass is 636 g/mol. The van der Waals surface area contributed by atoms with Gasteiger partial charge in [0, 0.05) is 37.0 Å². The van der Waals surface area contributed by atoms with Gasteiger partial charge in [0.1, 0.15) is 10.0 Å². The second kappa shape index (κ2) is 14.3. The van der Waals surface area contributed by atoms with E-state index in [-0.39, 0.29) is 10.8 Å². The molecule has 1 amide bonds. The summed E-state index contributed by atoms with van der Waals surface area (Å²) in [5.74, 6) is 0.327. The van der Waals surface area contributed by atoms with Crippen LogP contribution in [0.5, 0.6) is 0 Å². The van der Waals surface area contributed by atoms with Crippen LogP contribution in [-0.2, 0) is 14.8 Å². The number of benzene rings is 2. The lowest BCUT2D eigenvalue weighted by Gasteiger charge is -2.21. The van der Waals surface area contributed by atoms with E-state index in [4.69, 9.17) is 17.3 Å². The number of nitrogens with zero attached hydrogens (tertiary/aromatic N) is 4. The summed E-state index contributed by atoms with van der Waals surface area (Å²) in [5.41, 5.74) is 2.88. The number of carbonyl (C=O) groups excluding carboxylic acids is 1. The third kappa shape index (κ3) is 7.30. The summed E-state index contributed by atoms with van der Waals surface area (Å²) in [6, 6.07) is 16.8. The van der Waals surface area contributed by atoms with Crippen molar-refractivity contribution in [1.82, 2.24) is 19.0 Å². The lowest BCUT2D eigenvalue weighted by Crippen LogP contribution is -2.33. The predicted octanol–water partition coefficient (Wildman–Crippen LogP) is 7.52. The number of rotatable bonds is 11. The summed E-state index contributed by atoms with van der Waals surface area (Å²) in [7, 11) is -3.64. The van der Waals surface area contributed by atoms with Crippen molar-refractivity contribution in [3.63, 3.8) is 0 Å². The van der Waals surface area contributed by atoms with Gasteiger partial charge >= 0.3 is 0 Å². The molecule has 0 radical (unpaired) electrons. The quantitative estimate of drug-likeness (QED) is 0.160. The second-order valence-electron chi connectivity index (χ2n) is 11.3. The molecule has 1 aromatic heterocycles. The maximum atomic E-state index is 13.6. The first-order valence-electron chi connectivity index (χ1n) is 15.3. The van der Waals surface area contributed by atoms with E-state index >= 15 is 0 Å². The molecular weight excluding hydrogens is 597 g/mol. The third-order valence-corrected chi connectivity index (χ3v) is 11.5. The maximum absolute atomic E-state index is 13.6. The number of sulfonamides is 1. The Bertz CT molecular complexity index is 1580. The topological polar surface area (TPSA) is 75.5 Å². The van der Waals surface area contributed by atoms with Gasteiger partial charge in [-0.1, -0.05) is 100 Å². The molecule has 1 atom stereocenters. The number of hydrogen-bond acceptors (Lipinski definition) is 6. The van der Waals surface area contributed by atoms with E-state index in [1.165, 1.54) is 11.8 Å². The summed E-state index contributed by atoms with van der Waals surface area (Å²) in [5, 5.41) is 4.90. The molecule has 0 aliphatic carbocycles. The van der Waals surface area contributed by atoms with Gasteiger partial charge in [-0.2, -0.15) is 9.40 Å². The van der Waals surface area contributed by atoms with Crippen molar-refractivity contribution >= 4 is 50.3 Å². The van der Waals surface area contributed by atoms with Gasteiger partial charge in [0.2, 0.25) is 10.0 Å². The zero-order valence-corrected chi connectivity index (χ0v) is 27.4. The van der Waals surface area contributed by atoms with Crippen molar-refractivity contribution in [2.45, 2.75) is 70.1 Å². The van der Waals surface area contributed by atoms with Crippen molar-refractivity contribution < 1.29 is 13.2 Å². The molecule has 5 rings (SSSR count). The molecule has 7 nitrogen and oxygen atoms in total. The Morgan fingerprint density at radius 3 is 2.47 bits per heavy atom. The minimum atomic E-state index is -3.64. The van der Waals surface area contributed by atoms with Gasteiger partial charge < -0.3 is 0 Å². The average Bonchev–Trinajstić information content (AvgIpc) is 3.40. The van der Waals surface area contributed by atoms with E-state index in [9.17, 15) is 13.2 Å². The summed E-state index contributed by atoms with van der Waals surface area (Å²) < 4.78 is 31.2. The summed E-state index contributed by atoms with van der Waals surface area (Å²) >= 11 is 6.98. The van der Waals surface area contributed by atoms with Crippen molar-refractivity contribution in [2.75, 3.05) is 19.6 Å². The van der Waals surface area contributed by atoms with E-state index < -0.39 is 10.0 Å². The molecule has 10 heteroatoms. The second-order valence-corrected chi connectivity index (χ2v) is 14.9. The van der Waals surface area contributed by atoms with Gasteiger partial charge in [-0.25, -0.2) is 13.1 Å². The highest BCUT2D eigenvalue weighted by molar-refractivity contribution is 8.26. The zero-order chi connectivity index (χ0) is 30.4. The van der Waals surface area contributed by atoms with Crippen LogP contribution in [0.1, 0.15) is 70.8 Å². The Kier molecular flexibility index (Phi) is 10.5. The van der Waals surface area contributed by atoms with Crippen molar-refractivity contribution in [3.8, 4) is 16.9 Å². The first kappa shape index (κ1) is 31.6. The van der Waals surface area contributed by atoms with Crippen molar-refractivity contribution in [2.24, 2.45) is 5.92 Å². The van der Waals surface area contributed by atoms with E-state index in [2.05, 4.69) is 13.8 Å². The first-order chi connectivity index (χ1) is 20.8. The molecular formula is C33H40N4O3S3. The molecule has 1 unspecified atom stereocenters. The van der Waals surface area contributed by atoms with Crippen molar-refractivity contribution in [1.29, 1.82) is 0 Å². The van der Waals surface area contributed by atoms with Gasteiger partial charge in [-0.05, 0) is 55.5 Å². The third-order valence-electron chi connectivity index (χ3n) is 8.22. The number of carbonyl (C=O) groups is 1. The van der Waals surface area contributed by atoms with Crippen LogP contribution in [0, 0.1) is 5.92 Å². The van der Waals surface area contributed by atoms with Crippen molar-refractivity contribution in [3.05, 3.63) is 71.3 Å². The molecule has 0 spiro atoms. The van der Waals surface area contributed by atoms with E-state index in [1.807, 2.05) is 48.7 Å². The molecule has 0 saturated carbocycles. The highest BCUT2D eigenvalue weighted by Gasteiger charge is 2.34. The number of thiocarbonyl (C=S) groups is 1. The number of aromatic nitrogens is 2. The minimum absolute atomic E-state index is 0.0825. The Morgan fingerprint density at radius 1 is 1.02 bits per heavy atom. The highest BCUT2D eigenvalue weighted by Crippen LogP contribution is 2.36. The molecule has 2 aliphatic heterocycles. The maximum Gasteiger partial charge on any atom is 0.266 e. The fourth-order valence-corrected chi connectivity index (χ4v) is 8.47. The molecule has 43 heavy (non-hydrogen) atoms. The Labute approximate surface area is 265 Å². The van der Waals surface area contributed by atoms with E-state index in [0.29, 0.717) is 46.0 Å². The van der Waals surface area contributed by atoms with Crippen LogP contribution < -0.4 is 0 Å². The number of amides is 1. The van der Waals surface area contributed by atoms with Crippen LogP contribution in [0.4, 0.5) is 0 Å². The van der Waals surface area contributed by atoms with Gasteiger partial charge in [0.15, 0.2) is 0 Å². The van der Waals surface area contributed by atoms with Crippen LogP contribution in [-0.4, -0.2) is 57.3 Å². The van der Waals surface area contributed by atoms with Gasteiger partial charge in [-0.3, -0.25) is 9.69 Å². The standard InChI is InChI=1S/C33H40N4O3S3/c1-3-5-14-25(4-2)23-36-32(38)30(42-33(36)41)22-27-24-37(28-16-9-8-10-17-28)34-31(27)26-15-13-18-29(21-26)43(39,40)35-19-11-6-7-12-20-35/h8-10,13,15-18,21-22,24-25H,3-7,11-12,14,19-20,23H2,1-2H3/b30-22-. The van der Waals surface area contributed by atoms with Gasteiger partial charge in [0.25, 0.3) is 5.91 Å². The van der Waals surface area contributed by atoms with E-state index in [1.54, 1.807) is 32.1 Å². The number of thioether (sulfide) groups is 1. The van der Waals surface area contributed by atoms with Gasteiger partial charge in [-0.15, -0.1) is 0 Å². The molecule has 2 fully saturated rings. The molecule has 2 aromatic carbocycles. The average molecular weight is 637 g/mol. The normalized spacial score (nSPS) is 18.4.